The molecule has 0 atom stereocenters. The molecule has 2 N–H and O–H groups in total. The van der Waals surface area contributed by atoms with E-state index < -0.39 is 5.97 Å². The highest BCUT2D eigenvalue weighted by Gasteiger charge is 2.14. The number of hydrogen-bond acceptors (Lipinski definition) is 5. The average molecular weight is 314 g/mol. The Hall–Kier alpha value is -1.67. The molecule has 118 valence electrons. The van der Waals surface area contributed by atoms with Crippen molar-refractivity contribution in [2.75, 3.05) is 33.7 Å². The molecule has 0 saturated heterocycles. The van der Waals surface area contributed by atoms with E-state index in [1.165, 1.54) is 16.7 Å². The Bertz CT molecular complexity index is 476. The summed E-state index contributed by atoms with van der Waals surface area (Å²) in [6.07, 6.45) is 0.890. The molecule has 0 unspecified atom stereocenters. The van der Waals surface area contributed by atoms with Gasteiger partial charge in [-0.15, -0.1) is 11.3 Å². The van der Waals surface area contributed by atoms with Gasteiger partial charge in [0.05, 0.1) is 6.54 Å². The van der Waals surface area contributed by atoms with E-state index in [-0.39, 0.29) is 18.3 Å². The Labute approximate surface area is 128 Å². The minimum absolute atomic E-state index is 0.0160. The van der Waals surface area contributed by atoms with E-state index in [4.69, 9.17) is 5.11 Å². The highest BCUT2D eigenvalue weighted by atomic mass is 32.1. The first-order valence-electron chi connectivity index (χ1n) is 6.79. The molecule has 1 heterocycles. The summed E-state index contributed by atoms with van der Waals surface area (Å²) in [5.41, 5.74) is 0.0160. The first-order chi connectivity index (χ1) is 9.93. The molecule has 0 aliphatic carbocycles. The van der Waals surface area contributed by atoms with Gasteiger partial charge >= 0.3 is 12.0 Å². The predicted molar refractivity (Wildman–Crippen MR) is 81.7 cm³/mol. The lowest BCUT2D eigenvalue weighted by Crippen LogP contribution is -2.43. The zero-order chi connectivity index (χ0) is 15.8. The summed E-state index contributed by atoms with van der Waals surface area (Å²) in [6.45, 7) is 4.42. The number of aromatic nitrogens is 1. The van der Waals surface area contributed by atoms with Crippen LogP contribution in [-0.2, 0) is 6.54 Å². The number of likely N-dealkylation sites (N-methyl/N-ethyl adjacent to an activating group) is 1. The highest BCUT2D eigenvalue weighted by Crippen LogP contribution is 2.09. The molecule has 0 fully saturated rings. The summed E-state index contributed by atoms with van der Waals surface area (Å²) in [4.78, 5) is 30.6. The third kappa shape index (κ3) is 6.09. The largest absolute Gasteiger partial charge is 0.476 e. The van der Waals surface area contributed by atoms with Gasteiger partial charge in [0.15, 0.2) is 5.69 Å². The van der Waals surface area contributed by atoms with E-state index >= 15 is 0 Å². The average Bonchev–Trinajstić information content (AvgIpc) is 2.89. The second-order valence-electron chi connectivity index (χ2n) is 4.88. The van der Waals surface area contributed by atoms with Gasteiger partial charge < -0.3 is 20.2 Å². The van der Waals surface area contributed by atoms with Gasteiger partial charge in [0.25, 0.3) is 0 Å². The van der Waals surface area contributed by atoms with Gasteiger partial charge in [-0.05, 0) is 20.5 Å². The smallest absolute Gasteiger partial charge is 0.355 e. The van der Waals surface area contributed by atoms with Crippen molar-refractivity contribution in [2.24, 2.45) is 0 Å². The Morgan fingerprint density at radius 2 is 2.05 bits per heavy atom. The number of carbonyl (C=O) groups excluding carboxylic acids is 1. The van der Waals surface area contributed by atoms with Gasteiger partial charge in [0.1, 0.15) is 5.01 Å². The molecule has 2 amide bonds. The number of carbonyl (C=O) groups is 2. The minimum atomic E-state index is -1.05. The maximum absolute atomic E-state index is 12.1. The van der Waals surface area contributed by atoms with Gasteiger partial charge in [0, 0.05) is 25.0 Å². The Balaban J connectivity index is 2.49. The van der Waals surface area contributed by atoms with Crippen molar-refractivity contribution >= 4 is 23.3 Å². The summed E-state index contributed by atoms with van der Waals surface area (Å²) < 4.78 is 0. The standard InChI is InChI=1S/C13H22N4O3S/c1-4-5-17(7-6-16(2)3)13(20)14-8-11-15-10(9-21-11)12(18)19/h9H,4-8H2,1-3H3,(H,14,20)(H,18,19). The number of carboxylic acid groups (broad SMARTS) is 1. The van der Waals surface area contributed by atoms with E-state index in [1.54, 1.807) is 4.90 Å². The van der Waals surface area contributed by atoms with Crippen molar-refractivity contribution < 1.29 is 14.7 Å². The summed E-state index contributed by atoms with van der Waals surface area (Å²) in [7, 11) is 3.93. The molecule has 0 radical (unpaired) electrons. The lowest BCUT2D eigenvalue weighted by Gasteiger charge is -2.24. The lowest BCUT2D eigenvalue weighted by atomic mass is 10.4. The van der Waals surface area contributed by atoms with Crippen molar-refractivity contribution in [3.63, 3.8) is 0 Å². The molecule has 1 aromatic rings. The fourth-order valence-electron chi connectivity index (χ4n) is 1.66. The molecule has 8 heteroatoms. The molecule has 0 aliphatic heterocycles. The van der Waals surface area contributed by atoms with Crippen LogP contribution >= 0.6 is 11.3 Å². The van der Waals surface area contributed by atoms with E-state index in [1.807, 2.05) is 25.9 Å². The third-order valence-electron chi connectivity index (χ3n) is 2.76. The second-order valence-corrected chi connectivity index (χ2v) is 5.82. The molecular weight excluding hydrogens is 292 g/mol. The van der Waals surface area contributed by atoms with Crippen LogP contribution in [0.15, 0.2) is 5.38 Å². The number of thiazole rings is 1. The minimum Gasteiger partial charge on any atom is -0.476 e. The van der Waals surface area contributed by atoms with Gasteiger partial charge in [-0.3, -0.25) is 0 Å². The first kappa shape index (κ1) is 17.4. The molecule has 0 aromatic carbocycles. The molecule has 1 aromatic heterocycles. The van der Waals surface area contributed by atoms with E-state index in [0.717, 1.165) is 13.0 Å². The summed E-state index contributed by atoms with van der Waals surface area (Å²) in [5, 5.41) is 13.6. The number of rotatable bonds is 8. The van der Waals surface area contributed by atoms with Crippen LogP contribution in [0.5, 0.6) is 0 Å². The molecule has 0 spiro atoms. The summed E-state index contributed by atoms with van der Waals surface area (Å²) in [6, 6.07) is -0.147. The van der Waals surface area contributed by atoms with Crippen LogP contribution in [0, 0.1) is 0 Å². The number of hydrogen-bond donors (Lipinski definition) is 2. The van der Waals surface area contributed by atoms with E-state index in [0.29, 0.717) is 18.1 Å². The van der Waals surface area contributed by atoms with Gasteiger partial charge in [-0.1, -0.05) is 6.92 Å². The second kappa shape index (κ2) is 8.58. The zero-order valence-electron chi connectivity index (χ0n) is 12.6. The van der Waals surface area contributed by atoms with Gasteiger partial charge in [0.2, 0.25) is 0 Å². The summed E-state index contributed by atoms with van der Waals surface area (Å²) in [5.74, 6) is -1.05. The normalized spacial score (nSPS) is 10.7. The number of amides is 2. The maximum Gasteiger partial charge on any atom is 0.355 e. The molecule has 0 bridgehead atoms. The van der Waals surface area contributed by atoms with Crippen LogP contribution in [-0.4, -0.2) is 65.6 Å². The first-order valence-corrected chi connectivity index (χ1v) is 7.67. The van der Waals surface area contributed by atoms with Crippen molar-refractivity contribution in [3.05, 3.63) is 16.1 Å². The molecule has 21 heavy (non-hydrogen) atoms. The Kier molecular flexibility index (Phi) is 7.10. The molecule has 0 aliphatic rings. The van der Waals surface area contributed by atoms with Crippen LogP contribution in [0.4, 0.5) is 4.79 Å². The van der Waals surface area contributed by atoms with Crippen LogP contribution < -0.4 is 5.32 Å². The number of aromatic carboxylic acids is 1. The number of nitrogens with one attached hydrogen (secondary N) is 1. The molecule has 7 nitrogen and oxygen atoms in total. The van der Waals surface area contributed by atoms with Crippen LogP contribution in [0.1, 0.15) is 28.8 Å². The van der Waals surface area contributed by atoms with Crippen LogP contribution in [0.25, 0.3) is 0 Å². The Morgan fingerprint density at radius 1 is 1.33 bits per heavy atom. The maximum atomic E-state index is 12.1. The van der Waals surface area contributed by atoms with Crippen LogP contribution in [0.3, 0.4) is 0 Å². The van der Waals surface area contributed by atoms with Gasteiger partial charge in [-0.25, -0.2) is 14.6 Å². The number of urea groups is 1. The van der Waals surface area contributed by atoms with Crippen molar-refractivity contribution in [3.8, 4) is 0 Å². The monoisotopic (exact) mass is 314 g/mol. The van der Waals surface area contributed by atoms with Crippen molar-refractivity contribution in [1.82, 2.24) is 20.1 Å². The topological polar surface area (TPSA) is 85.8 Å². The zero-order valence-corrected chi connectivity index (χ0v) is 13.4. The SMILES string of the molecule is CCCN(CCN(C)C)C(=O)NCc1nc(C(=O)O)cs1. The van der Waals surface area contributed by atoms with Gasteiger partial charge in [-0.2, -0.15) is 0 Å². The Morgan fingerprint density at radius 3 is 2.57 bits per heavy atom. The quantitative estimate of drug-likeness (QED) is 0.756. The molecular formula is C13H22N4O3S. The van der Waals surface area contributed by atoms with E-state index in [9.17, 15) is 9.59 Å². The summed E-state index contributed by atoms with van der Waals surface area (Å²) >= 11 is 1.23. The van der Waals surface area contributed by atoms with Crippen molar-refractivity contribution in [1.29, 1.82) is 0 Å². The number of nitrogens with zero attached hydrogens (tertiary/aromatic N) is 3. The van der Waals surface area contributed by atoms with Crippen LogP contribution in [0.2, 0.25) is 0 Å². The third-order valence-corrected chi connectivity index (χ3v) is 3.61. The lowest BCUT2D eigenvalue weighted by molar-refractivity contribution is 0.0691. The molecule has 0 saturated carbocycles. The van der Waals surface area contributed by atoms with Crippen molar-refractivity contribution in [2.45, 2.75) is 19.9 Å². The number of carboxylic acids is 1. The fraction of sp³-hybridized carbons (Fsp3) is 0.615. The highest BCUT2D eigenvalue weighted by molar-refractivity contribution is 7.09. The molecule has 1 rings (SSSR count). The predicted octanol–water partition coefficient (Wildman–Crippen LogP) is 1.32. The van der Waals surface area contributed by atoms with E-state index in [2.05, 4.69) is 10.3 Å². The fourth-order valence-corrected chi connectivity index (χ4v) is 2.37.